The molecule has 0 aliphatic carbocycles. The van der Waals surface area contributed by atoms with Crippen LogP contribution in [0.15, 0.2) is 12.1 Å². The van der Waals surface area contributed by atoms with Gasteiger partial charge in [-0.1, -0.05) is 0 Å². The van der Waals surface area contributed by atoms with Crippen molar-refractivity contribution in [3.63, 3.8) is 0 Å². The van der Waals surface area contributed by atoms with E-state index in [-0.39, 0.29) is 25.6 Å². The molecule has 1 N–H and O–H groups in total. The highest BCUT2D eigenvalue weighted by atomic mass is 19.2. The minimum absolute atomic E-state index is 0.0748. The molecule has 2 aliphatic rings. The highest BCUT2D eigenvalue weighted by Crippen LogP contribution is 2.42. The standard InChI is InChI=1S/C15H15F3N2O3/c1-19-4-8-5-20(7-15(8,6-19)14(22)23)13(21)9-2-11(17)12(18)3-10(9)16/h2-3,8H,4-7H2,1H3,(H,22,23)/t8-,15-/m0/s1. The Labute approximate surface area is 130 Å². The van der Waals surface area contributed by atoms with Gasteiger partial charge in [-0.15, -0.1) is 0 Å². The molecule has 124 valence electrons. The van der Waals surface area contributed by atoms with Crippen LogP contribution >= 0.6 is 0 Å². The van der Waals surface area contributed by atoms with Gasteiger partial charge in [0.05, 0.1) is 5.56 Å². The number of nitrogens with zero attached hydrogens (tertiary/aromatic N) is 2. The van der Waals surface area contributed by atoms with Crippen LogP contribution in [0.1, 0.15) is 10.4 Å². The Balaban J connectivity index is 1.89. The summed E-state index contributed by atoms with van der Waals surface area (Å²) in [7, 11) is 1.80. The Morgan fingerprint density at radius 1 is 1.13 bits per heavy atom. The van der Waals surface area contributed by atoms with E-state index in [0.29, 0.717) is 18.7 Å². The number of fused-ring (bicyclic) bond motifs is 1. The van der Waals surface area contributed by atoms with Crippen LogP contribution in [0.3, 0.4) is 0 Å². The van der Waals surface area contributed by atoms with Crippen molar-refractivity contribution >= 4 is 11.9 Å². The van der Waals surface area contributed by atoms with Crippen LogP contribution in [-0.4, -0.2) is 60.0 Å². The highest BCUT2D eigenvalue weighted by Gasteiger charge is 2.57. The van der Waals surface area contributed by atoms with Crippen LogP contribution in [0.2, 0.25) is 0 Å². The molecule has 5 nitrogen and oxygen atoms in total. The van der Waals surface area contributed by atoms with Crippen molar-refractivity contribution in [2.24, 2.45) is 11.3 Å². The Morgan fingerprint density at radius 2 is 1.78 bits per heavy atom. The molecule has 0 radical (unpaired) electrons. The quantitative estimate of drug-likeness (QED) is 0.829. The fourth-order valence-electron chi connectivity index (χ4n) is 3.63. The first-order valence-electron chi connectivity index (χ1n) is 7.10. The van der Waals surface area contributed by atoms with E-state index in [1.165, 1.54) is 4.90 Å². The van der Waals surface area contributed by atoms with Crippen molar-refractivity contribution in [3.05, 3.63) is 35.1 Å². The second-order valence-electron chi connectivity index (χ2n) is 6.29. The largest absolute Gasteiger partial charge is 0.481 e. The lowest BCUT2D eigenvalue weighted by Gasteiger charge is -2.24. The lowest BCUT2D eigenvalue weighted by Crippen LogP contribution is -2.41. The van der Waals surface area contributed by atoms with Crippen LogP contribution in [0, 0.1) is 28.8 Å². The van der Waals surface area contributed by atoms with Crippen LogP contribution in [0.4, 0.5) is 13.2 Å². The predicted molar refractivity (Wildman–Crippen MR) is 73.3 cm³/mol. The van der Waals surface area contributed by atoms with Gasteiger partial charge in [0.15, 0.2) is 11.6 Å². The minimum atomic E-state index is -1.37. The van der Waals surface area contributed by atoms with E-state index in [0.717, 1.165) is 0 Å². The summed E-state index contributed by atoms with van der Waals surface area (Å²) in [6.45, 7) is 0.871. The summed E-state index contributed by atoms with van der Waals surface area (Å²) in [5, 5.41) is 9.55. The van der Waals surface area contributed by atoms with Crippen molar-refractivity contribution in [1.82, 2.24) is 9.80 Å². The van der Waals surface area contributed by atoms with Crippen molar-refractivity contribution in [3.8, 4) is 0 Å². The van der Waals surface area contributed by atoms with Gasteiger partial charge in [-0.2, -0.15) is 0 Å². The molecule has 23 heavy (non-hydrogen) atoms. The SMILES string of the molecule is CN1C[C@H]2CN(C(=O)c3cc(F)c(F)cc3F)C[C@@]2(C(=O)O)C1. The van der Waals surface area contributed by atoms with Crippen molar-refractivity contribution in [2.75, 3.05) is 33.2 Å². The summed E-state index contributed by atoms with van der Waals surface area (Å²) in [5.41, 5.74) is -1.68. The van der Waals surface area contributed by atoms with E-state index in [1.54, 1.807) is 7.05 Å². The smallest absolute Gasteiger partial charge is 0.313 e. The Kier molecular flexibility index (Phi) is 3.59. The maximum atomic E-state index is 13.8. The van der Waals surface area contributed by atoms with E-state index >= 15 is 0 Å². The number of benzene rings is 1. The van der Waals surface area contributed by atoms with Crippen LogP contribution in [-0.2, 0) is 4.79 Å². The zero-order valence-electron chi connectivity index (χ0n) is 12.4. The number of likely N-dealkylation sites (tertiary alicyclic amines) is 2. The molecular formula is C15H15F3N2O3. The molecule has 8 heteroatoms. The van der Waals surface area contributed by atoms with Gasteiger partial charge >= 0.3 is 5.97 Å². The fraction of sp³-hybridized carbons (Fsp3) is 0.467. The van der Waals surface area contributed by atoms with E-state index in [2.05, 4.69) is 0 Å². The number of carboxylic acid groups (broad SMARTS) is 1. The van der Waals surface area contributed by atoms with E-state index in [9.17, 15) is 27.9 Å². The van der Waals surface area contributed by atoms with Crippen LogP contribution < -0.4 is 0 Å². The Bertz CT molecular complexity index is 697. The van der Waals surface area contributed by atoms with Gasteiger partial charge in [-0.25, -0.2) is 13.2 Å². The predicted octanol–water partition coefficient (Wildman–Crippen LogP) is 1.19. The number of carbonyl (C=O) groups is 2. The van der Waals surface area contributed by atoms with Gasteiger partial charge in [-0.05, 0) is 13.1 Å². The van der Waals surface area contributed by atoms with Crippen LogP contribution in [0.5, 0.6) is 0 Å². The Morgan fingerprint density at radius 3 is 2.39 bits per heavy atom. The maximum absolute atomic E-state index is 13.8. The summed E-state index contributed by atoms with van der Waals surface area (Å²) in [5.74, 6) is -5.95. The van der Waals surface area contributed by atoms with Crippen molar-refractivity contribution < 1.29 is 27.9 Å². The summed E-state index contributed by atoms with van der Waals surface area (Å²) >= 11 is 0. The number of hydrogen-bond donors (Lipinski definition) is 1. The number of rotatable bonds is 2. The lowest BCUT2D eigenvalue weighted by atomic mass is 9.81. The molecule has 2 aliphatic heterocycles. The molecule has 0 spiro atoms. The zero-order valence-corrected chi connectivity index (χ0v) is 12.4. The molecule has 1 aromatic carbocycles. The topological polar surface area (TPSA) is 60.9 Å². The number of aliphatic carboxylic acids is 1. The average molecular weight is 328 g/mol. The molecule has 3 rings (SSSR count). The van der Waals surface area contributed by atoms with Gasteiger partial charge in [0, 0.05) is 38.2 Å². The van der Waals surface area contributed by atoms with Crippen molar-refractivity contribution in [2.45, 2.75) is 0 Å². The minimum Gasteiger partial charge on any atom is -0.481 e. The van der Waals surface area contributed by atoms with E-state index < -0.39 is 40.3 Å². The number of halogens is 3. The number of hydrogen-bond acceptors (Lipinski definition) is 3. The zero-order chi connectivity index (χ0) is 16.9. The molecule has 2 heterocycles. The summed E-state index contributed by atoms with van der Waals surface area (Å²) < 4.78 is 40.0. The third-order valence-corrected chi connectivity index (χ3v) is 4.73. The summed E-state index contributed by atoms with van der Waals surface area (Å²) in [6, 6.07) is 0.834. The molecule has 0 bridgehead atoms. The van der Waals surface area contributed by atoms with Gasteiger partial charge in [0.25, 0.3) is 5.91 Å². The first-order valence-corrected chi connectivity index (χ1v) is 7.10. The Hall–Kier alpha value is -2.09. The molecule has 1 aromatic rings. The number of carbonyl (C=O) groups excluding carboxylic acids is 1. The second-order valence-corrected chi connectivity index (χ2v) is 6.29. The molecule has 2 atom stereocenters. The van der Waals surface area contributed by atoms with Crippen LogP contribution in [0.25, 0.3) is 0 Å². The highest BCUT2D eigenvalue weighted by molar-refractivity contribution is 5.95. The maximum Gasteiger partial charge on any atom is 0.313 e. The van der Waals surface area contributed by atoms with Gasteiger partial charge < -0.3 is 14.9 Å². The third-order valence-electron chi connectivity index (χ3n) is 4.73. The fourth-order valence-corrected chi connectivity index (χ4v) is 3.63. The summed E-state index contributed by atoms with van der Waals surface area (Å²) in [4.78, 5) is 27.2. The monoisotopic (exact) mass is 328 g/mol. The van der Waals surface area contributed by atoms with Crippen molar-refractivity contribution in [1.29, 1.82) is 0 Å². The number of carboxylic acids is 1. The van der Waals surface area contributed by atoms with E-state index in [1.807, 2.05) is 4.90 Å². The van der Waals surface area contributed by atoms with Gasteiger partial charge in [-0.3, -0.25) is 9.59 Å². The first kappa shape index (κ1) is 15.8. The second kappa shape index (κ2) is 5.23. The summed E-state index contributed by atoms with van der Waals surface area (Å²) in [6.07, 6.45) is 0. The molecule has 0 saturated carbocycles. The lowest BCUT2D eigenvalue weighted by molar-refractivity contribution is -0.148. The average Bonchev–Trinajstić information content (AvgIpc) is 2.96. The van der Waals surface area contributed by atoms with Gasteiger partial charge in [0.2, 0.25) is 0 Å². The molecule has 2 fully saturated rings. The van der Waals surface area contributed by atoms with Gasteiger partial charge in [0.1, 0.15) is 11.2 Å². The number of amides is 1. The molecular weight excluding hydrogens is 313 g/mol. The molecule has 2 saturated heterocycles. The third kappa shape index (κ3) is 2.37. The normalized spacial score (nSPS) is 27.3. The molecule has 1 amide bonds. The first-order chi connectivity index (χ1) is 10.7. The van der Waals surface area contributed by atoms with E-state index in [4.69, 9.17) is 0 Å². The molecule has 0 unspecified atom stereocenters. The molecule has 0 aromatic heterocycles.